The van der Waals surface area contributed by atoms with Crippen LogP contribution in [-0.4, -0.2) is 39.8 Å². The van der Waals surface area contributed by atoms with Gasteiger partial charge in [0.15, 0.2) is 0 Å². The molecule has 0 unspecified atom stereocenters. The Labute approximate surface area is 246 Å². The quantitative estimate of drug-likeness (QED) is 0.276. The number of nitrogens with one attached hydrogen (secondary N) is 4. The normalized spacial score (nSPS) is 11.3. The maximum atomic E-state index is 12.9. The topological polar surface area (TPSA) is 140 Å². The highest BCUT2D eigenvalue weighted by Gasteiger charge is 2.18. The lowest BCUT2D eigenvalue weighted by atomic mass is 10.1. The molecule has 4 N–H and O–H groups in total. The Morgan fingerprint density at radius 3 is 1.60 bits per heavy atom. The van der Waals surface area contributed by atoms with E-state index in [-0.39, 0.29) is 24.9 Å². The van der Waals surface area contributed by atoms with Crippen molar-refractivity contribution in [2.75, 3.05) is 10.6 Å². The third-order valence-electron chi connectivity index (χ3n) is 5.59. The molecular weight excluding hydrogens is 538 g/mol. The van der Waals surface area contributed by atoms with Crippen molar-refractivity contribution in [2.24, 2.45) is 7.05 Å². The van der Waals surface area contributed by atoms with Crippen LogP contribution in [0.5, 0.6) is 0 Å². The lowest BCUT2D eigenvalue weighted by molar-refractivity contribution is 0.0512. The van der Waals surface area contributed by atoms with Crippen LogP contribution in [0.2, 0.25) is 0 Å². The summed E-state index contributed by atoms with van der Waals surface area (Å²) in [5.41, 5.74) is 2.31. The van der Waals surface area contributed by atoms with E-state index in [4.69, 9.17) is 9.47 Å². The highest BCUT2D eigenvalue weighted by atomic mass is 16.6. The minimum Gasteiger partial charge on any atom is -0.444 e. The second kappa shape index (κ2) is 13.2. The minimum atomic E-state index is -0.584. The van der Waals surface area contributed by atoms with E-state index < -0.39 is 23.4 Å². The van der Waals surface area contributed by atoms with E-state index in [1.165, 1.54) is 0 Å². The Morgan fingerprint density at radius 1 is 0.667 bits per heavy atom. The van der Waals surface area contributed by atoms with Gasteiger partial charge in [-0.3, -0.25) is 9.59 Å². The lowest BCUT2D eigenvalue weighted by Gasteiger charge is -2.19. The number of benzene rings is 2. The molecule has 0 fully saturated rings. The standard InChI is InChI=1S/C31H39N5O6/c1-30(2,3)41-28(39)32-17-20-8-12-22(13-9-20)26(37)35-24-16-25(36(7)19-24)27(38)34-23-14-10-21(11-15-23)18-33-29(40)42-31(4,5)6/h8-16,19H,17-18H2,1-7H3,(H,32,39)(H,33,40)(H,34,38)(H,35,37). The summed E-state index contributed by atoms with van der Waals surface area (Å²) >= 11 is 0. The van der Waals surface area contributed by atoms with Gasteiger partial charge in [0.25, 0.3) is 11.8 Å². The first-order valence-electron chi connectivity index (χ1n) is 13.5. The minimum absolute atomic E-state index is 0.264. The highest BCUT2D eigenvalue weighted by molar-refractivity contribution is 6.07. The Morgan fingerprint density at radius 2 is 1.12 bits per heavy atom. The fraction of sp³-hybridized carbons (Fsp3) is 0.355. The van der Waals surface area contributed by atoms with E-state index in [9.17, 15) is 19.2 Å². The molecule has 0 saturated heterocycles. The largest absolute Gasteiger partial charge is 0.444 e. The fourth-order valence-corrected chi connectivity index (χ4v) is 3.71. The predicted octanol–water partition coefficient (Wildman–Crippen LogP) is 5.58. The van der Waals surface area contributed by atoms with E-state index in [2.05, 4.69) is 21.3 Å². The predicted molar refractivity (Wildman–Crippen MR) is 160 cm³/mol. The molecule has 1 aromatic heterocycles. The van der Waals surface area contributed by atoms with Crippen molar-refractivity contribution in [3.63, 3.8) is 0 Å². The van der Waals surface area contributed by atoms with E-state index in [0.29, 0.717) is 22.6 Å². The summed E-state index contributed by atoms with van der Waals surface area (Å²) in [6.07, 6.45) is 0.631. The Kier molecular flexibility index (Phi) is 10.0. The van der Waals surface area contributed by atoms with Gasteiger partial charge in [-0.2, -0.15) is 0 Å². The van der Waals surface area contributed by atoms with E-state index in [1.54, 1.807) is 114 Å². The molecule has 0 atom stereocenters. The Hall–Kier alpha value is -4.80. The van der Waals surface area contributed by atoms with Crippen molar-refractivity contribution < 1.29 is 28.7 Å². The van der Waals surface area contributed by atoms with Crippen LogP contribution in [0.1, 0.15) is 73.5 Å². The van der Waals surface area contributed by atoms with Gasteiger partial charge in [-0.1, -0.05) is 24.3 Å². The third kappa shape index (κ3) is 10.3. The zero-order chi connectivity index (χ0) is 31.1. The van der Waals surface area contributed by atoms with Gasteiger partial charge < -0.3 is 35.3 Å². The van der Waals surface area contributed by atoms with Crippen molar-refractivity contribution in [2.45, 2.75) is 65.8 Å². The third-order valence-corrected chi connectivity index (χ3v) is 5.59. The van der Waals surface area contributed by atoms with Crippen LogP contribution >= 0.6 is 0 Å². The van der Waals surface area contributed by atoms with Crippen molar-refractivity contribution in [3.8, 4) is 0 Å². The number of amides is 4. The van der Waals surface area contributed by atoms with Gasteiger partial charge in [-0.15, -0.1) is 0 Å². The molecule has 3 aromatic rings. The zero-order valence-electron chi connectivity index (χ0n) is 25.1. The second-order valence-corrected chi connectivity index (χ2v) is 11.7. The second-order valence-electron chi connectivity index (χ2n) is 11.7. The first-order valence-corrected chi connectivity index (χ1v) is 13.5. The van der Waals surface area contributed by atoms with Crippen LogP contribution in [0.25, 0.3) is 0 Å². The maximum absolute atomic E-state index is 12.9. The Bertz CT molecular complexity index is 1410. The maximum Gasteiger partial charge on any atom is 0.407 e. The van der Waals surface area contributed by atoms with Gasteiger partial charge in [-0.05, 0) is 83.0 Å². The van der Waals surface area contributed by atoms with Crippen molar-refractivity contribution in [1.82, 2.24) is 15.2 Å². The summed E-state index contributed by atoms with van der Waals surface area (Å²) < 4.78 is 12.1. The molecule has 0 radical (unpaired) electrons. The fourth-order valence-electron chi connectivity index (χ4n) is 3.71. The van der Waals surface area contributed by atoms with Crippen LogP contribution in [0.15, 0.2) is 60.8 Å². The number of nitrogens with zero attached hydrogens (tertiary/aromatic N) is 1. The molecular formula is C31H39N5O6. The van der Waals surface area contributed by atoms with Crippen LogP contribution in [0.3, 0.4) is 0 Å². The average Bonchev–Trinajstić information content (AvgIpc) is 3.25. The number of alkyl carbamates (subject to hydrolysis) is 2. The zero-order valence-corrected chi connectivity index (χ0v) is 25.1. The Balaban J connectivity index is 1.52. The number of carbonyl (C=O) groups is 4. The number of hydrogen-bond acceptors (Lipinski definition) is 6. The van der Waals surface area contributed by atoms with Crippen molar-refractivity contribution >= 4 is 35.4 Å². The molecule has 2 aromatic carbocycles. The number of ether oxygens (including phenoxy) is 2. The SMILES string of the molecule is Cn1cc(NC(=O)c2ccc(CNC(=O)OC(C)(C)C)cc2)cc1C(=O)Nc1ccc(CNC(=O)OC(C)(C)C)cc1. The lowest BCUT2D eigenvalue weighted by Crippen LogP contribution is -2.32. The summed E-state index contributed by atoms with van der Waals surface area (Å²) in [6.45, 7) is 11.3. The van der Waals surface area contributed by atoms with E-state index in [0.717, 1.165) is 11.1 Å². The molecule has 0 saturated carbocycles. The number of aryl methyl sites for hydroxylation is 1. The molecule has 1 heterocycles. The monoisotopic (exact) mass is 577 g/mol. The van der Waals surface area contributed by atoms with Gasteiger partial charge >= 0.3 is 12.2 Å². The van der Waals surface area contributed by atoms with Gasteiger partial charge in [0, 0.05) is 37.6 Å². The van der Waals surface area contributed by atoms with E-state index in [1.807, 2.05) is 0 Å². The summed E-state index contributed by atoms with van der Waals surface area (Å²) in [5, 5.41) is 11.0. The number of aromatic nitrogens is 1. The van der Waals surface area contributed by atoms with Gasteiger partial charge in [-0.25, -0.2) is 9.59 Å². The van der Waals surface area contributed by atoms with Crippen LogP contribution < -0.4 is 21.3 Å². The molecule has 0 spiro atoms. The molecule has 11 heteroatoms. The molecule has 11 nitrogen and oxygen atoms in total. The van der Waals surface area contributed by atoms with Gasteiger partial charge in [0.2, 0.25) is 0 Å². The average molecular weight is 578 g/mol. The molecule has 0 aliphatic rings. The molecule has 0 aliphatic carbocycles. The van der Waals surface area contributed by atoms with Crippen molar-refractivity contribution in [1.29, 1.82) is 0 Å². The number of carbonyl (C=O) groups excluding carboxylic acids is 4. The molecule has 0 bridgehead atoms. The first kappa shape index (κ1) is 31.7. The van der Waals surface area contributed by atoms with E-state index >= 15 is 0 Å². The smallest absolute Gasteiger partial charge is 0.407 e. The molecule has 224 valence electrons. The molecule has 3 rings (SSSR count). The molecule has 42 heavy (non-hydrogen) atoms. The van der Waals surface area contributed by atoms with Crippen LogP contribution in [0, 0.1) is 0 Å². The number of rotatable bonds is 8. The summed E-state index contributed by atoms with van der Waals surface area (Å²) in [6, 6.07) is 15.5. The summed E-state index contributed by atoms with van der Waals surface area (Å²) in [4.78, 5) is 49.4. The van der Waals surface area contributed by atoms with Crippen molar-refractivity contribution in [3.05, 3.63) is 83.2 Å². The van der Waals surface area contributed by atoms with Crippen LogP contribution in [0.4, 0.5) is 21.0 Å². The first-order chi connectivity index (χ1) is 19.6. The number of anilines is 2. The summed E-state index contributed by atoms with van der Waals surface area (Å²) in [5.74, 6) is -0.686. The number of hydrogen-bond donors (Lipinski definition) is 4. The van der Waals surface area contributed by atoms with Crippen LogP contribution in [-0.2, 0) is 29.6 Å². The molecule has 4 amide bonds. The summed E-state index contributed by atoms with van der Waals surface area (Å²) in [7, 11) is 1.71. The van der Waals surface area contributed by atoms with Gasteiger partial charge in [0.1, 0.15) is 16.9 Å². The highest BCUT2D eigenvalue weighted by Crippen LogP contribution is 2.18. The van der Waals surface area contributed by atoms with Gasteiger partial charge in [0.05, 0.1) is 5.69 Å². The molecule has 0 aliphatic heterocycles.